The first-order valence-electron chi connectivity index (χ1n) is 3.69. The lowest BCUT2D eigenvalue weighted by atomic mass is 10.1. The average Bonchev–Trinajstić information content (AvgIpc) is 1.95. The summed E-state index contributed by atoms with van der Waals surface area (Å²) in [6.07, 6.45) is 5.77. The van der Waals surface area contributed by atoms with Crippen molar-refractivity contribution >= 4 is 15.9 Å². The Morgan fingerprint density at radius 1 is 1.60 bits per heavy atom. The number of ether oxygens (including phenoxy) is 1. The second kappa shape index (κ2) is 4.14. The van der Waals surface area contributed by atoms with Crippen molar-refractivity contribution in [3.63, 3.8) is 0 Å². The van der Waals surface area contributed by atoms with Gasteiger partial charge in [0.25, 0.3) is 0 Å². The average molecular weight is 205 g/mol. The van der Waals surface area contributed by atoms with Crippen LogP contribution < -0.4 is 0 Å². The quantitative estimate of drug-likeness (QED) is 0.497. The molecule has 1 nitrogen and oxygen atoms in total. The molecule has 1 fully saturated rings. The maximum Gasteiger partial charge on any atom is 0.0610 e. The highest BCUT2D eigenvalue weighted by molar-refractivity contribution is 9.09. The fourth-order valence-electron chi connectivity index (χ4n) is 1.15. The Hall–Kier alpha value is 0.180. The van der Waals surface area contributed by atoms with E-state index >= 15 is 0 Å². The maximum atomic E-state index is 5.51. The largest absolute Gasteiger partial charge is 0.377 e. The summed E-state index contributed by atoms with van der Waals surface area (Å²) in [7, 11) is 0. The molecule has 10 heavy (non-hydrogen) atoms. The zero-order chi connectivity index (χ0) is 7.40. The van der Waals surface area contributed by atoms with Gasteiger partial charge in [0.15, 0.2) is 0 Å². The van der Waals surface area contributed by atoms with Crippen LogP contribution in [0, 0.1) is 0 Å². The lowest BCUT2D eigenvalue weighted by Gasteiger charge is -2.24. The van der Waals surface area contributed by atoms with E-state index in [1.54, 1.807) is 0 Å². The molecule has 2 heteroatoms. The summed E-state index contributed by atoms with van der Waals surface area (Å²) in [5.74, 6) is 0. The van der Waals surface area contributed by atoms with Crippen LogP contribution in [0.5, 0.6) is 0 Å². The zero-order valence-electron chi connectivity index (χ0n) is 6.05. The molecule has 1 heterocycles. The fraction of sp³-hybridized carbons (Fsp3) is 0.750. The third-order valence-corrected chi connectivity index (χ3v) is 2.47. The summed E-state index contributed by atoms with van der Waals surface area (Å²) in [4.78, 5) is 0.577. The molecule has 0 radical (unpaired) electrons. The SMILES string of the molecule is C=CCC1CCC(Br)CO1. The first-order valence-corrected chi connectivity index (χ1v) is 4.61. The van der Waals surface area contributed by atoms with E-state index in [4.69, 9.17) is 4.74 Å². The van der Waals surface area contributed by atoms with E-state index in [0.29, 0.717) is 10.9 Å². The van der Waals surface area contributed by atoms with Gasteiger partial charge in [-0.2, -0.15) is 0 Å². The Morgan fingerprint density at radius 3 is 2.90 bits per heavy atom. The maximum absolute atomic E-state index is 5.51. The van der Waals surface area contributed by atoms with Crippen LogP contribution in [0.2, 0.25) is 0 Å². The number of alkyl halides is 1. The van der Waals surface area contributed by atoms with Crippen LogP contribution in [-0.4, -0.2) is 17.5 Å². The van der Waals surface area contributed by atoms with Gasteiger partial charge >= 0.3 is 0 Å². The molecule has 0 N–H and O–H groups in total. The number of rotatable bonds is 2. The highest BCUT2D eigenvalue weighted by Gasteiger charge is 2.17. The van der Waals surface area contributed by atoms with Gasteiger partial charge in [-0.25, -0.2) is 0 Å². The molecule has 1 saturated heterocycles. The summed E-state index contributed by atoms with van der Waals surface area (Å²) in [5, 5.41) is 0. The van der Waals surface area contributed by atoms with E-state index in [-0.39, 0.29) is 0 Å². The molecule has 0 amide bonds. The Morgan fingerprint density at radius 2 is 2.40 bits per heavy atom. The molecule has 0 bridgehead atoms. The minimum atomic E-state index is 0.436. The second-order valence-corrected chi connectivity index (χ2v) is 3.95. The van der Waals surface area contributed by atoms with Crippen LogP contribution in [0.25, 0.3) is 0 Å². The van der Waals surface area contributed by atoms with Crippen LogP contribution in [0.1, 0.15) is 19.3 Å². The zero-order valence-corrected chi connectivity index (χ0v) is 7.64. The minimum absolute atomic E-state index is 0.436. The van der Waals surface area contributed by atoms with Crippen molar-refractivity contribution in [2.24, 2.45) is 0 Å². The summed E-state index contributed by atoms with van der Waals surface area (Å²) in [5.41, 5.74) is 0. The van der Waals surface area contributed by atoms with Crippen molar-refractivity contribution in [2.75, 3.05) is 6.61 Å². The topological polar surface area (TPSA) is 9.23 Å². The monoisotopic (exact) mass is 204 g/mol. The first kappa shape index (κ1) is 8.28. The standard InChI is InChI=1S/C8H13BrO/c1-2-3-8-5-4-7(9)6-10-8/h2,7-8H,1,3-6H2. The highest BCUT2D eigenvalue weighted by Crippen LogP contribution is 2.20. The van der Waals surface area contributed by atoms with E-state index in [0.717, 1.165) is 13.0 Å². The van der Waals surface area contributed by atoms with E-state index in [1.807, 2.05) is 6.08 Å². The molecule has 0 saturated carbocycles. The van der Waals surface area contributed by atoms with E-state index in [1.165, 1.54) is 12.8 Å². The highest BCUT2D eigenvalue weighted by atomic mass is 79.9. The second-order valence-electron chi connectivity index (χ2n) is 2.65. The van der Waals surface area contributed by atoms with Crippen LogP contribution in [0.15, 0.2) is 12.7 Å². The van der Waals surface area contributed by atoms with Crippen LogP contribution >= 0.6 is 15.9 Å². The molecular weight excluding hydrogens is 192 g/mol. The van der Waals surface area contributed by atoms with Gasteiger partial charge in [-0.15, -0.1) is 6.58 Å². The summed E-state index contributed by atoms with van der Waals surface area (Å²) >= 11 is 3.52. The van der Waals surface area contributed by atoms with Crippen molar-refractivity contribution in [3.8, 4) is 0 Å². The number of halogens is 1. The summed E-state index contributed by atoms with van der Waals surface area (Å²) in [6.45, 7) is 4.54. The molecule has 0 aromatic rings. The predicted molar refractivity (Wildman–Crippen MR) is 46.5 cm³/mol. The molecule has 0 aromatic carbocycles. The van der Waals surface area contributed by atoms with Crippen molar-refractivity contribution in [2.45, 2.75) is 30.2 Å². The third kappa shape index (κ3) is 2.43. The number of hydrogen-bond acceptors (Lipinski definition) is 1. The summed E-state index contributed by atoms with van der Waals surface area (Å²) < 4.78 is 5.51. The smallest absolute Gasteiger partial charge is 0.0610 e. The van der Waals surface area contributed by atoms with Crippen molar-refractivity contribution < 1.29 is 4.74 Å². The molecule has 0 spiro atoms. The molecule has 2 atom stereocenters. The van der Waals surface area contributed by atoms with Gasteiger partial charge in [0.1, 0.15) is 0 Å². The van der Waals surface area contributed by atoms with Gasteiger partial charge in [0, 0.05) is 4.83 Å². The summed E-state index contributed by atoms with van der Waals surface area (Å²) in [6, 6.07) is 0. The minimum Gasteiger partial charge on any atom is -0.377 e. The lowest BCUT2D eigenvalue weighted by Crippen LogP contribution is -2.25. The number of hydrogen-bond donors (Lipinski definition) is 0. The van der Waals surface area contributed by atoms with Crippen molar-refractivity contribution in [1.82, 2.24) is 0 Å². The molecule has 58 valence electrons. The lowest BCUT2D eigenvalue weighted by molar-refractivity contribution is 0.0233. The molecule has 0 aromatic heterocycles. The van der Waals surface area contributed by atoms with E-state index in [2.05, 4.69) is 22.5 Å². The fourth-order valence-corrected chi connectivity index (χ4v) is 1.56. The normalized spacial score (nSPS) is 33.7. The van der Waals surface area contributed by atoms with Crippen LogP contribution in [0.4, 0.5) is 0 Å². The molecule has 0 aliphatic carbocycles. The molecule has 1 aliphatic rings. The van der Waals surface area contributed by atoms with E-state index < -0.39 is 0 Å². The van der Waals surface area contributed by atoms with Crippen molar-refractivity contribution in [3.05, 3.63) is 12.7 Å². The van der Waals surface area contributed by atoms with Gasteiger partial charge < -0.3 is 4.74 Å². The van der Waals surface area contributed by atoms with Crippen LogP contribution in [0.3, 0.4) is 0 Å². The first-order chi connectivity index (χ1) is 4.83. The molecular formula is C8H13BrO. The Bertz CT molecular complexity index is 106. The molecule has 1 rings (SSSR count). The molecule has 2 unspecified atom stereocenters. The van der Waals surface area contributed by atoms with E-state index in [9.17, 15) is 0 Å². The Balaban J connectivity index is 2.19. The van der Waals surface area contributed by atoms with Crippen LogP contribution in [-0.2, 0) is 4.74 Å². The van der Waals surface area contributed by atoms with Gasteiger partial charge in [-0.05, 0) is 19.3 Å². The molecule has 1 aliphatic heterocycles. The van der Waals surface area contributed by atoms with Gasteiger partial charge in [-0.1, -0.05) is 22.0 Å². The third-order valence-electron chi connectivity index (χ3n) is 1.74. The Kier molecular flexibility index (Phi) is 3.43. The van der Waals surface area contributed by atoms with Gasteiger partial charge in [-0.3, -0.25) is 0 Å². The Labute approximate surface area is 70.6 Å². The van der Waals surface area contributed by atoms with Gasteiger partial charge in [0.05, 0.1) is 12.7 Å². The van der Waals surface area contributed by atoms with Crippen molar-refractivity contribution in [1.29, 1.82) is 0 Å². The predicted octanol–water partition coefficient (Wildman–Crippen LogP) is 2.51. The van der Waals surface area contributed by atoms with Gasteiger partial charge in [0.2, 0.25) is 0 Å².